The summed E-state index contributed by atoms with van der Waals surface area (Å²) in [5.41, 5.74) is 7.23. The minimum Gasteiger partial charge on any atom is -0.491 e. The molecular weight excluding hydrogens is 460 g/mol. The van der Waals surface area contributed by atoms with Gasteiger partial charge in [0.1, 0.15) is 29.8 Å². The minimum absolute atomic E-state index is 0.0541. The fraction of sp³-hybridized carbons (Fsp3) is 0.379. The van der Waals surface area contributed by atoms with Crippen LogP contribution in [-0.4, -0.2) is 42.0 Å². The number of ether oxygens (including phenoxy) is 2. The van der Waals surface area contributed by atoms with Crippen molar-refractivity contribution in [3.63, 3.8) is 0 Å². The predicted octanol–water partition coefficient (Wildman–Crippen LogP) is 5.25. The first-order valence-electron chi connectivity index (χ1n) is 12.2. The van der Waals surface area contributed by atoms with Gasteiger partial charge >= 0.3 is 0 Å². The molecule has 0 heterocycles. The van der Waals surface area contributed by atoms with E-state index in [9.17, 15) is 5.11 Å². The van der Waals surface area contributed by atoms with Gasteiger partial charge in [0.25, 0.3) is 0 Å². The smallest absolute Gasteiger partial charge is 0.120 e. The summed E-state index contributed by atoms with van der Waals surface area (Å²) in [7, 11) is 0. The molecule has 0 aliphatic rings. The van der Waals surface area contributed by atoms with Crippen LogP contribution in [-0.2, 0) is 6.42 Å². The summed E-state index contributed by atoms with van der Waals surface area (Å²) in [5, 5.41) is 15.0. The van der Waals surface area contributed by atoms with Gasteiger partial charge in [0.15, 0.2) is 0 Å². The first-order valence-corrected chi connectivity index (χ1v) is 12.6. The summed E-state index contributed by atoms with van der Waals surface area (Å²) in [6.45, 7) is 4.99. The van der Waals surface area contributed by atoms with Crippen LogP contribution in [0.4, 0.5) is 0 Å². The molecule has 0 aliphatic carbocycles. The molecule has 4 N–H and O–H groups in total. The van der Waals surface area contributed by atoms with E-state index in [1.54, 1.807) is 0 Å². The molecule has 3 aromatic rings. The summed E-state index contributed by atoms with van der Waals surface area (Å²) in [6, 6.07) is 26.8. The maximum Gasteiger partial charge on any atom is 0.120 e. The number of aliphatic hydroxyl groups is 1. The fourth-order valence-electron chi connectivity index (χ4n) is 3.83. The van der Waals surface area contributed by atoms with Crippen molar-refractivity contribution in [2.75, 3.05) is 13.2 Å². The predicted molar refractivity (Wildman–Crippen MR) is 143 cm³/mol. The molecule has 6 heteroatoms. The van der Waals surface area contributed by atoms with E-state index < -0.39 is 17.7 Å². The second-order valence-corrected chi connectivity index (χ2v) is 9.65. The summed E-state index contributed by atoms with van der Waals surface area (Å²) in [6.07, 6.45) is 1.43. The summed E-state index contributed by atoms with van der Waals surface area (Å²) < 4.78 is 12.0. The van der Waals surface area contributed by atoms with E-state index in [0.29, 0.717) is 18.0 Å². The Hall–Kier alpha value is -2.57. The molecule has 4 unspecified atom stereocenters. The molecular formula is C29H37ClN2O3. The van der Waals surface area contributed by atoms with E-state index in [-0.39, 0.29) is 12.6 Å². The van der Waals surface area contributed by atoms with Crippen molar-refractivity contribution in [2.24, 2.45) is 5.73 Å². The Balaban J connectivity index is 1.62. The number of nitrogens with two attached hydrogens (primary N) is 1. The van der Waals surface area contributed by atoms with Gasteiger partial charge in [-0.3, -0.25) is 0 Å². The Labute approximate surface area is 214 Å². The average Bonchev–Trinajstić information content (AvgIpc) is 2.88. The molecule has 5 nitrogen and oxygen atoms in total. The summed E-state index contributed by atoms with van der Waals surface area (Å²) >= 11 is 6.02. The highest BCUT2D eigenvalue weighted by Gasteiger charge is 2.27. The lowest BCUT2D eigenvalue weighted by Gasteiger charge is -2.33. The lowest BCUT2D eigenvalue weighted by molar-refractivity contribution is 0.0688. The van der Waals surface area contributed by atoms with E-state index in [0.717, 1.165) is 24.3 Å². The van der Waals surface area contributed by atoms with Crippen LogP contribution in [0.25, 0.3) is 0 Å². The molecule has 0 amide bonds. The first-order chi connectivity index (χ1) is 16.9. The van der Waals surface area contributed by atoms with E-state index in [4.69, 9.17) is 26.8 Å². The first kappa shape index (κ1) is 27.0. The third-order valence-corrected chi connectivity index (χ3v) is 6.48. The van der Waals surface area contributed by atoms with Crippen LogP contribution in [0.2, 0.25) is 5.02 Å². The monoisotopic (exact) mass is 496 g/mol. The number of nitrogens with one attached hydrogen (secondary N) is 1. The van der Waals surface area contributed by atoms with Gasteiger partial charge in [0.05, 0.1) is 0 Å². The van der Waals surface area contributed by atoms with E-state index >= 15 is 0 Å². The molecule has 0 aliphatic heterocycles. The number of benzene rings is 3. The number of hydrogen-bond donors (Lipinski definition) is 3. The molecule has 0 radical (unpaired) electrons. The molecule has 3 rings (SSSR count). The number of para-hydroxylation sites is 1. The third-order valence-electron chi connectivity index (χ3n) is 6.23. The number of rotatable bonds is 14. The quantitative estimate of drug-likeness (QED) is 0.284. The summed E-state index contributed by atoms with van der Waals surface area (Å²) in [4.78, 5) is 0. The standard InChI is InChI=1S/C29H37ClN2O3/c1-3-29(2,35-26-16-14-23(30)15-17-26)21-32-24(18-22-10-6-4-7-11-22)19-27(31)28(33)20-34-25-12-8-5-9-13-25/h4-17,24,27-28,32-33H,3,18-21,31H2,1-2H3. The maximum absolute atomic E-state index is 10.7. The molecule has 0 bridgehead atoms. The molecule has 0 saturated heterocycles. The van der Waals surface area contributed by atoms with Crippen LogP contribution < -0.4 is 20.5 Å². The van der Waals surface area contributed by atoms with E-state index in [1.165, 1.54) is 5.56 Å². The zero-order valence-electron chi connectivity index (χ0n) is 20.6. The Bertz CT molecular complexity index is 988. The van der Waals surface area contributed by atoms with Crippen molar-refractivity contribution in [2.45, 2.75) is 56.9 Å². The Morgan fingerprint density at radius 3 is 2.20 bits per heavy atom. The van der Waals surface area contributed by atoms with Gasteiger partial charge in [-0.1, -0.05) is 67.1 Å². The highest BCUT2D eigenvalue weighted by atomic mass is 35.5. The fourth-order valence-corrected chi connectivity index (χ4v) is 3.95. The lowest BCUT2D eigenvalue weighted by atomic mass is 9.95. The van der Waals surface area contributed by atoms with Gasteiger partial charge in [-0.05, 0) is 68.1 Å². The highest BCUT2D eigenvalue weighted by molar-refractivity contribution is 6.30. The van der Waals surface area contributed by atoms with Crippen LogP contribution in [0.3, 0.4) is 0 Å². The van der Waals surface area contributed by atoms with Crippen molar-refractivity contribution in [3.05, 3.63) is 95.5 Å². The average molecular weight is 497 g/mol. The van der Waals surface area contributed by atoms with Crippen LogP contribution in [0, 0.1) is 0 Å². The zero-order valence-corrected chi connectivity index (χ0v) is 21.3. The van der Waals surface area contributed by atoms with Crippen molar-refractivity contribution in [3.8, 4) is 11.5 Å². The SMILES string of the molecule is CCC(C)(CNC(Cc1ccccc1)CC(N)C(O)COc1ccccc1)Oc1ccc(Cl)cc1. The molecule has 35 heavy (non-hydrogen) atoms. The molecule has 3 aromatic carbocycles. The highest BCUT2D eigenvalue weighted by Crippen LogP contribution is 2.23. The van der Waals surface area contributed by atoms with E-state index in [1.807, 2.05) is 72.8 Å². The van der Waals surface area contributed by atoms with Crippen LogP contribution in [0.5, 0.6) is 11.5 Å². The molecule has 0 saturated carbocycles. The third kappa shape index (κ3) is 9.19. The Morgan fingerprint density at radius 2 is 1.57 bits per heavy atom. The largest absolute Gasteiger partial charge is 0.491 e. The molecule has 0 fully saturated rings. The van der Waals surface area contributed by atoms with Gasteiger partial charge < -0.3 is 25.6 Å². The van der Waals surface area contributed by atoms with Crippen LogP contribution in [0.15, 0.2) is 84.9 Å². The van der Waals surface area contributed by atoms with Crippen LogP contribution >= 0.6 is 11.6 Å². The molecule has 4 atom stereocenters. The van der Waals surface area contributed by atoms with Gasteiger partial charge in [-0.2, -0.15) is 0 Å². The number of halogens is 1. The van der Waals surface area contributed by atoms with Gasteiger partial charge in [0.2, 0.25) is 0 Å². The molecule has 0 aromatic heterocycles. The van der Waals surface area contributed by atoms with Crippen molar-refractivity contribution >= 4 is 11.6 Å². The molecule has 0 spiro atoms. The topological polar surface area (TPSA) is 76.7 Å². The Kier molecular flexibility index (Phi) is 10.4. The minimum atomic E-state index is -0.779. The Morgan fingerprint density at radius 1 is 0.943 bits per heavy atom. The maximum atomic E-state index is 10.7. The normalized spacial score (nSPS) is 15.6. The second kappa shape index (κ2) is 13.5. The van der Waals surface area contributed by atoms with Crippen molar-refractivity contribution in [1.29, 1.82) is 0 Å². The lowest BCUT2D eigenvalue weighted by Crippen LogP contribution is -2.50. The van der Waals surface area contributed by atoms with Crippen molar-refractivity contribution < 1.29 is 14.6 Å². The summed E-state index contributed by atoms with van der Waals surface area (Å²) in [5.74, 6) is 1.50. The number of hydrogen-bond acceptors (Lipinski definition) is 5. The molecule has 188 valence electrons. The van der Waals surface area contributed by atoms with Gasteiger partial charge in [0, 0.05) is 23.7 Å². The van der Waals surface area contributed by atoms with Gasteiger partial charge in [-0.15, -0.1) is 0 Å². The van der Waals surface area contributed by atoms with Gasteiger partial charge in [-0.25, -0.2) is 0 Å². The van der Waals surface area contributed by atoms with Crippen LogP contribution in [0.1, 0.15) is 32.3 Å². The second-order valence-electron chi connectivity index (χ2n) is 9.22. The zero-order chi connectivity index (χ0) is 25.1. The van der Waals surface area contributed by atoms with E-state index in [2.05, 4.69) is 31.3 Å². The number of aliphatic hydroxyl groups excluding tert-OH is 1. The van der Waals surface area contributed by atoms with Crippen molar-refractivity contribution in [1.82, 2.24) is 5.32 Å².